The number of rotatable bonds is 4. The van der Waals surface area contributed by atoms with Crippen LogP contribution < -0.4 is 15.6 Å². The topological polar surface area (TPSA) is 79.9 Å². The number of anilines is 2. The summed E-state index contributed by atoms with van der Waals surface area (Å²) in [5.41, 5.74) is 3.65. The Kier molecular flexibility index (Phi) is 4.30. The Hall–Kier alpha value is -3.67. The Labute approximate surface area is 155 Å². The number of aryl methyl sites for hydroxylation is 1. The number of aromatic nitrogens is 3. The Morgan fingerprint density at radius 3 is 2.56 bits per heavy atom. The van der Waals surface area contributed by atoms with Crippen LogP contribution in [0.5, 0.6) is 5.75 Å². The Balaban J connectivity index is 1.83. The van der Waals surface area contributed by atoms with Crippen LogP contribution in [0.1, 0.15) is 5.56 Å². The standard InChI is InChI=1S/C21H18N4O2/c1-13-7-9-14(10-8-13)23-21-24-19-18(20(26)25-21)16(11-12-22-19)15-5-3-4-6-17(15)27-2/h3-12H,1-2H3,(H2,22,23,24,25,26). The molecule has 0 aliphatic rings. The maximum Gasteiger partial charge on any atom is 0.262 e. The molecule has 0 amide bonds. The molecular weight excluding hydrogens is 340 g/mol. The van der Waals surface area contributed by atoms with Gasteiger partial charge in [-0.2, -0.15) is 4.98 Å². The van der Waals surface area contributed by atoms with E-state index in [-0.39, 0.29) is 5.56 Å². The van der Waals surface area contributed by atoms with Crippen LogP contribution in [0.3, 0.4) is 0 Å². The van der Waals surface area contributed by atoms with E-state index in [0.29, 0.717) is 22.7 Å². The summed E-state index contributed by atoms with van der Waals surface area (Å²) in [6.45, 7) is 2.02. The first-order chi connectivity index (χ1) is 13.2. The number of hydrogen-bond donors (Lipinski definition) is 2. The van der Waals surface area contributed by atoms with Gasteiger partial charge in [-0.3, -0.25) is 9.78 Å². The lowest BCUT2D eigenvalue weighted by molar-refractivity contribution is 0.416. The van der Waals surface area contributed by atoms with E-state index in [2.05, 4.69) is 20.3 Å². The highest BCUT2D eigenvalue weighted by Crippen LogP contribution is 2.32. The van der Waals surface area contributed by atoms with Crippen molar-refractivity contribution in [1.29, 1.82) is 0 Å². The first-order valence-electron chi connectivity index (χ1n) is 8.52. The molecule has 4 aromatic rings. The van der Waals surface area contributed by atoms with Gasteiger partial charge in [0.2, 0.25) is 5.95 Å². The third-order valence-corrected chi connectivity index (χ3v) is 4.32. The Morgan fingerprint density at radius 1 is 1.00 bits per heavy atom. The zero-order valence-electron chi connectivity index (χ0n) is 15.0. The van der Waals surface area contributed by atoms with Crippen molar-refractivity contribution < 1.29 is 4.74 Å². The zero-order chi connectivity index (χ0) is 18.8. The predicted octanol–water partition coefficient (Wildman–Crippen LogP) is 4.05. The normalized spacial score (nSPS) is 10.7. The number of para-hydroxylation sites is 1. The summed E-state index contributed by atoms with van der Waals surface area (Å²) in [5, 5.41) is 3.54. The SMILES string of the molecule is COc1ccccc1-c1ccnc2nc(Nc3ccc(C)cc3)[nH]c(=O)c12. The first kappa shape index (κ1) is 16.8. The van der Waals surface area contributed by atoms with Gasteiger partial charge in [0, 0.05) is 23.0 Å². The molecule has 0 unspecified atom stereocenters. The minimum Gasteiger partial charge on any atom is -0.496 e. The highest BCUT2D eigenvalue weighted by Gasteiger charge is 2.14. The second kappa shape index (κ2) is 6.92. The fraction of sp³-hybridized carbons (Fsp3) is 0.0952. The zero-order valence-corrected chi connectivity index (χ0v) is 15.0. The van der Waals surface area contributed by atoms with Gasteiger partial charge in [-0.1, -0.05) is 35.9 Å². The molecule has 2 aromatic carbocycles. The van der Waals surface area contributed by atoms with Crippen molar-refractivity contribution in [2.45, 2.75) is 6.92 Å². The number of ether oxygens (including phenoxy) is 1. The number of methoxy groups -OCH3 is 1. The van der Waals surface area contributed by atoms with Crippen molar-refractivity contribution in [2.75, 3.05) is 12.4 Å². The summed E-state index contributed by atoms with van der Waals surface area (Å²) in [6.07, 6.45) is 1.65. The molecule has 27 heavy (non-hydrogen) atoms. The van der Waals surface area contributed by atoms with Gasteiger partial charge in [0.15, 0.2) is 5.65 Å². The average molecular weight is 358 g/mol. The fourth-order valence-corrected chi connectivity index (χ4v) is 2.99. The van der Waals surface area contributed by atoms with Crippen molar-refractivity contribution in [1.82, 2.24) is 15.0 Å². The number of aromatic amines is 1. The van der Waals surface area contributed by atoms with E-state index in [1.807, 2.05) is 55.5 Å². The van der Waals surface area contributed by atoms with Crippen LogP contribution >= 0.6 is 0 Å². The molecule has 0 radical (unpaired) electrons. The van der Waals surface area contributed by atoms with Gasteiger partial charge in [-0.05, 0) is 31.2 Å². The number of benzene rings is 2. The summed E-state index contributed by atoms with van der Waals surface area (Å²) >= 11 is 0. The highest BCUT2D eigenvalue weighted by atomic mass is 16.5. The van der Waals surface area contributed by atoms with E-state index in [1.165, 1.54) is 0 Å². The maximum absolute atomic E-state index is 12.8. The van der Waals surface area contributed by atoms with Crippen LogP contribution in [0.2, 0.25) is 0 Å². The molecule has 0 aliphatic carbocycles. The quantitative estimate of drug-likeness (QED) is 0.575. The molecule has 2 heterocycles. The lowest BCUT2D eigenvalue weighted by atomic mass is 10.0. The summed E-state index contributed by atoms with van der Waals surface area (Å²) in [6, 6.07) is 17.2. The molecule has 0 spiro atoms. The molecule has 2 aromatic heterocycles. The molecule has 0 saturated heterocycles. The Morgan fingerprint density at radius 2 is 1.78 bits per heavy atom. The van der Waals surface area contributed by atoms with Gasteiger partial charge in [-0.25, -0.2) is 4.98 Å². The minimum absolute atomic E-state index is 0.261. The van der Waals surface area contributed by atoms with Crippen LogP contribution in [0, 0.1) is 6.92 Å². The second-order valence-electron chi connectivity index (χ2n) is 6.16. The molecule has 0 bridgehead atoms. The van der Waals surface area contributed by atoms with E-state index < -0.39 is 0 Å². The molecule has 6 nitrogen and oxygen atoms in total. The second-order valence-corrected chi connectivity index (χ2v) is 6.16. The van der Waals surface area contributed by atoms with Gasteiger partial charge in [0.1, 0.15) is 5.75 Å². The van der Waals surface area contributed by atoms with Crippen molar-refractivity contribution in [3.05, 3.63) is 76.7 Å². The van der Waals surface area contributed by atoms with Crippen molar-refractivity contribution in [2.24, 2.45) is 0 Å². The van der Waals surface area contributed by atoms with E-state index in [0.717, 1.165) is 22.4 Å². The molecule has 0 atom stereocenters. The van der Waals surface area contributed by atoms with E-state index >= 15 is 0 Å². The average Bonchev–Trinajstić information content (AvgIpc) is 2.69. The van der Waals surface area contributed by atoms with E-state index in [4.69, 9.17) is 4.74 Å². The van der Waals surface area contributed by atoms with Crippen LogP contribution in [0.25, 0.3) is 22.2 Å². The lowest BCUT2D eigenvalue weighted by Crippen LogP contribution is -2.13. The summed E-state index contributed by atoms with van der Waals surface area (Å²) in [5.74, 6) is 1.03. The largest absolute Gasteiger partial charge is 0.496 e. The number of H-pyrrole nitrogens is 1. The van der Waals surface area contributed by atoms with Gasteiger partial charge in [-0.15, -0.1) is 0 Å². The fourth-order valence-electron chi connectivity index (χ4n) is 2.99. The van der Waals surface area contributed by atoms with Crippen molar-refractivity contribution in [3.63, 3.8) is 0 Å². The van der Waals surface area contributed by atoms with Gasteiger partial charge < -0.3 is 10.1 Å². The number of hydrogen-bond acceptors (Lipinski definition) is 5. The predicted molar refractivity (Wildman–Crippen MR) is 107 cm³/mol. The van der Waals surface area contributed by atoms with Crippen LogP contribution in [0.15, 0.2) is 65.6 Å². The van der Waals surface area contributed by atoms with Crippen molar-refractivity contribution in [3.8, 4) is 16.9 Å². The monoisotopic (exact) mass is 358 g/mol. The van der Waals surface area contributed by atoms with Crippen LogP contribution in [0.4, 0.5) is 11.6 Å². The third kappa shape index (κ3) is 3.25. The molecule has 0 aliphatic heterocycles. The van der Waals surface area contributed by atoms with E-state index in [1.54, 1.807) is 19.4 Å². The van der Waals surface area contributed by atoms with Crippen LogP contribution in [-0.2, 0) is 0 Å². The smallest absolute Gasteiger partial charge is 0.262 e. The summed E-state index contributed by atoms with van der Waals surface area (Å²) in [7, 11) is 1.61. The minimum atomic E-state index is -0.261. The summed E-state index contributed by atoms with van der Waals surface area (Å²) < 4.78 is 5.44. The molecule has 0 fully saturated rings. The molecular formula is C21H18N4O2. The maximum atomic E-state index is 12.8. The number of nitrogens with one attached hydrogen (secondary N) is 2. The number of fused-ring (bicyclic) bond motifs is 1. The number of pyridine rings is 1. The van der Waals surface area contributed by atoms with Crippen molar-refractivity contribution >= 4 is 22.7 Å². The lowest BCUT2D eigenvalue weighted by Gasteiger charge is -2.11. The van der Waals surface area contributed by atoms with Gasteiger partial charge >= 0.3 is 0 Å². The molecule has 4 rings (SSSR count). The number of nitrogens with zero attached hydrogens (tertiary/aromatic N) is 2. The third-order valence-electron chi connectivity index (χ3n) is 4.32. The van der Waals surface area contributed by atoms with Crippen LogP contribution in [-0.4, -0.2) is 22.1 Å². The summed E-state index contributed by atoms with van der Waals surface area (Å²) in [4.78, 5) is 24.4. The first-order valence-corrected chi connectivity index (χ1v) is 8.52. The molecule has 134 valence electrons. The molecule has 0 saturated carbocycles. The highest BCUT2D eigenvalue weighted by molar-refractivity contribution is 5.94. The van der Waals surface area contributed by atoms with Gasteiger partial charge in [0.25, 0.3) is 5.56 Å². The van der Waals surface area contributed by atoms with Gasteiger partial charge in [0.05, 0.1) is 12.5 Å². The molecule has 6 heteroatoms. The molecule has 2 N–H and O–H groups in total. The Bertz CT molecular complexity index is 1170. The van der Waals surface area contributed by atoms with E-state index in [9.17, 15) is 4.79 Å².